The lowest BCUT2D eigenvalue weighted by Crippen LogP contribution is -2.13. The van der Waals surface area contributed by atoms with Crippen molar-refractivity contribution in [2.24, 2.45) is 0 Å². The third kappa shape index (κ3) is 35.6. The highest BCUT2D eigenvalue weighted by Gasteiger charge is 2.26. The molecule has 5 aromatic carbocycles. The number of benzene rings is 5. The van der Waals surface area contributed by atoms with Crippen molar-refractivity contribution in [2.45, 2.75) is 193 Å². The lowest BCUT2D eigenvalue weighted by atomic mass is 10.1. The zero-order chi connectivity index (χ0) is 82.5. The van der Waals surface area contributed by atoms with Gasteiger partial charge in [-0.15, -0.1) is 0 Å². The van der Waals surface area contributed by atoms with Gasteiger partial charge in [-0.3, -0.25) is 0 Å². The molecule has 0 amide bonds. The Morgan fingerprint density at radius 3 is 0.667 bits per heavy atom. The number of rotatable bonds is 66. The number of hydrogen-bond donors (Lipinski definition) is 0. The third-order valence-electron chi connectivity index (χ3n) is 19.3. The Kier molecular flexibility index (Phi) is 46.0. The second-order valence-corrected chi connectivity index (χ2v) is 28.5. The first-order chi connectivity index (χ1) is 55.4. The van der Waals surface area contributed by atoms with Crippen LogP contribution in [0.4, 0.5) is 0 Å². The molecular formula is C100H130O14. The highest BCUT2D eigenvalue weighted by molar-refractivity contribution is 5.94. The van der Waals surface area contributed by atoms with Crippen molar-refractivity contribution in [1.82, 2.24) is 0 Å². The molecule has 0 aliphatic carbocycles. The number of carbonyl (C=O) groups excluding carboxylic acids is 2. The zero-order valence-electron chi connectivity index (χ0n) is 69.4. The van der Waals surface area contributed by atoms with Crippen LogP contribution in [-0.4, -0.2) is 80.0 Å². The normalized spacial score (nSPS) is 10.9. The molecule has 0 fully saturated rings. The number of hydrogen-bond acceptors (Lipinski definition) is 14. The number of allylic oxidation sites excluding steroid dienone is 12. The van der Waals surface area contributed by atoms with E-state index in [1.54, 1.807) is 48.5 Å². The minimum atomic E-state index is -0.668. The standard InChI is InChI=1S/C100H130O14/c1-17-75(7)47-35-23-29-41-61-107-91-71-85(72-92(108-62-42-30-24-36-48-76(8)18-2)95(91)111-65-45-33-27-39-51-79(11)21-5)99(101)113-97-87(103-13)67-83(68-88(97)104-14)59-57-81-53-55-82(56-54-81)58-60-84-69-89(105-15)98(90(70-84)106-16)114-100(102)86-73-93(109-63-43-31-25-37-49-77(9)19-3)96(112-66-46-34-28-40-52-80(12)22-6)94(74-86)110-64-44-32-26-38-50-78(10)20-4/h17-22,53-60,67-74H,1-12,23-52,61-66H2,13-16H3/b59-57+,60-58+. The highest BCUT2D eigenvalue weighted by atomic mass is 16.6. The van der Waals surface area contributed by atoms with E-state index in [0.29, 0.717) is 74.1 Å². The van der Waals surface area contributed by atoms with Crippen LogP contribution in [0.3, 0.4) is 0 Å². The number of esters is 2. The van der Waals surface area contributed by atoms with Gasteiger partial charge < -0.3 is 56.8 Å². The van der Waals surface area contributed by atoms with Gasteiger partial charge in [-0.1, -0.05) is 274 Å². The highest BCUT2D eigenvalue weighted by Crippen LogP contribution is 2.45. The fourth-order valence-electron chi connectivity index (χ4n) is 12.2. The van der Waals surface area contributed by atoms with Gasteiger partial charge in [0.05, 0.1) is 79.2 Å². The summed E-state index contributed by atoms with van der Waals surface area (Å²) >= 11 is 0. The maximum Gasteiger partial charge on any atom is 0.344 e. The summed E-state index contributed by atoms with van der Waals surface area (Å²) in [4.78, 5) is 29.1. The van der Waals surface area contributed by atoms with Crippen LogP contribution in [0.5, 0.6) is 69.0 Å². The average Bonchev–Trinajstić information content (AvgIpc) is 0.802. The van der Waals surface area contributed by atoms with E-state index in [9.17, 15) is 9.59 Å². The maximum absolute atomic E-state index is 14.6. The zero-order valence-corrected chi connectivity index (χ0v) is 69.4. The molecular weight excluding hydrogens is 1430 g/mol. The Labute approximate surface area is 683 Å². The van der Waals surface area contributed by atoms with Crippen molar-refractivity contribution in [1.29, 1.82) is 0 Å². The summed E-state index contributed by atoms with van der Waals surface area (Å²) in [5.74, 6) is 2.51. The van der Waals surface area contributed by atoms with E-state index in [-0.39, 0.29) is 45.6 Å². The van der Waals surface area contributed by atoms with Crippen molar-refractivity contribution in [3.8, 4) is 69.0 Å². The van der Waals surface area contributed by atoms with Crippen LogP contribution in [0.25, 0.3) is 24.3 Å². The van der Waals surface area contributed by atoms with Crippen molar-refractivity contribution in [2.75, 3.05) is 68.1 Å². The van der Waals surface area contributed by atoms with Crippen LogP contribution >= 0.6 is 0 Å². The molecule has 0 aromatic heterocycles. The lowest BCUT2D eigenvalue weighted by Gasteiger charge is -2.19. The SMILES string of the molecule is C=CC(=C)CCCCCCOc1cc(C(=O)Oc2c(OC)cc(/C=C/c3ccc(/C=C/c4cc(OC)c(OC(=O)c5cc(OCCCCCCC(=C)C=C)c(OCCCCCCC(=C)C=C)c(OCCCCCCC(=C)C=C)c5)c(OC)c4)cc3)cc2OC)cc(OCCCCCCC(=C)C=C)c1OCCCCCCC(=C)C=C. The molecule has 0 bridgehead atoms. The molecule has 614 valence electrons. The molecule has 0 radical (unpaired) electrons. The summed E-state index contributed by atoms with van der Waals surface area (Å²) in [6.45, 7) is 49.9. The van der Waals surface area contributed by atoms with Gasteiger partial charge in [-0.2, -0.15) is 0 Å². The largest absolute Gasteiger partial charge is 0.493 e. The average molecular weight is 1560 g/mol. The number of carbonyl (C=O) groups is 2. The van der Waals surface area contributed by atoms with Crippen LogP contribution in [0.2, 0.25) is 0 Å². The summed E-state index contributed by atoms with van der Waals surface area (Å²) in [5, 5.41) is 0. The number of methoxy groups -OCH3 is 4. The Balaban J connectivity index is 1.36. The molecule has 5 aromatic rings. The molecule has 114 heavy (non-hydrogen) atoms. The maximum atomic E-state index is 14.6. The number of ether oxygens (including phenoxy) is 12. The van der Waals surface area contributed by atoms with Gasteiger partial charge in [-0.05, 0) is 186 Å². The molecule has 0 saturated carbocycles. The predicted molar refractivity (Wildman–Crippen MR) is 474 cm³/mol. The monoisotopic (exact) mass is 1550 g/mol. The second-order valence-electron chi connectivity index (χ2n) is 28.5. The quantitative estimate of drug-likeness (QED) is 0.0120. The minimum absolute atomic E-state index is 0.108. The predicted octanol–water partition coefficient (Wildman–Crippen LogP) is 26.9. The van der Waals surface area contributed by atoms with Crippen molar-refractivity contribution >= 4 is 36.2 Å². The van der Waals surface area contributed by atoms with E-state index in [1.807, 2.05) is 85.0 Å². The van der Waals surface area contributed by atoms with Crippen LogP contribution in [0.1, 0.15) is 236 Å². The van der Waals surface area contributed by atoms with Crippen LogP contribution in [0.15, 0.2) is 222 Å². The van der Waals surface area contributed by atoms with Crippen molar-refractivity contribution in [3.63, 3.8) is 0 Å². The smallest absolute Gasteiger partial charge is 0.344 e. The van der Waals surface area contributed by atoms with Crippen LogP contribution in [-0.2, 0) is 0 Å². The van der Waals surface area contributed by atoms with E-state index in [4.69, 9.17) is 56.8 Å². The molecule has 0 aliphatic rings. The Morgan fingerprint density at radius 2 is 0.456 bits per heavy atom. The molecule has 0 aliphatic heterocycles. The van der Waals surface area contributed by atoms with Gasteiger partial charge in [0.25, 0.3) is 0 Å². The van der Waals surface area contributed by atoms with Crippen molar-refractivity contribution < 1.29 is 66.4 Å². The molecule has 0 N–H and O–H groups in total. The lowest BCUT2D eigenvalue weighted by molar-refractivity contribution is 0.0714. The first kappa shape index (κ1) is 94.0. The fraction of sp³-hybridized carbons (Fsp3) is 0.400. The molecule has 5 rings (SSSR count). The molecule has 0 heterocycles. The minimum Gasteiger partial charge on any atom is -0.493 e. The van der Waals surface area contributed by atoms with Gasteiger partial charge in [0.2, 0.25) is 23.0 Å². The van der Waals surface area contributed by atoms with Gasteiger partial charge in [0.1, 0.15) is 0 Å². The van der Waals surface area contributed by atoms with Gasteiger partial charge in [0.15, 0.2) is 46.0 Å². The van der Waals surface area contributed by atoms with Gasteiger partial charge in [-0.25, -0.2) is 9.59 Å². The van der Waals surface area contributed by atoms with Crippen LogP contribution < -0.4 is 56.8 Å². The van der Waals surface area contributed by atoms with E-state index in [1.165, 1.54) is 28.4 Å². The first-order valence-electron chi connectivity index (χ1n) is 40.8. The Morgan fingerprint density at radius 1 is 0.254 bits per heavy atom. The molecule has 14 heteroatoms. The summed E-state index contributed by atoms with van der Waals surface area (Å²) in [6.07, 6.45) is 46.8. The van der Waals surface area contributed by atoms with Crippen molar-refractivity contribution in [3.05, 3.63) is 255 Å². The Hall–Kier alpha value is -10.6. The summed E-state index contributed by atoms with van der Waals surface area (Å²) in [5.41, 5.74) is 9.90. The fourth-order valence-corrected chi connectivity index (χ4v) is 12.2. The van der Waals surface area contributed by atoms with E-state index in [0.717, 1.165) is 248 Å². The summed E-state index contributed by atoms with van der Waals surface area (Å²) < 4.78 is 75.2. The third-order valence-corrected chi connectivity index (χ3v) is 19.3. The summed E-state index contributed by atoms with van der Waals surface area (Å²) in [6, 6.07) is 21.8. The molecule has 14 nitrogen and oxygen atoms in total. The molecule has 0 spiro atoms. The molecule has 0 saturated heterocycles. The summed E-state index contributed by atoms with van der Waals surface area (Å²) in [7, 11) is 6.06. The van der Waals surface area contributed by atoms with Crippen LogP contribution in [0, 0.1) is 0 Å². The Bertz CT molecular complexity index is 3590. The molecule has 0 atom stereocenters. The van der Waals surface area contributed by atoms with E-state index < -0.39 is 11.9 Å². The second kappa shape index (κ2) is 55.8. The number of unbranched alkanes of at least 4 members (excludes halogenated alkanes) is 18. The topological polar surface area (TPSA) is 145 Å². The van der Waals surface area contributed by atoms with E-state index >= 15 is 0 Å². The molecule has 0 unspecified atom stereocenters. The van der Waals surface area contributed by atoms with Gasteiger partial charge in [0, 0.05) is 0 Å². The van der Waals surface area contributed by atoms with E-state index in [2.05, 4.69) is 78.9 Å². The van der Waals surface area contributed by atoms with Gasteiger partial charge >= 0.3 is 11.9 Å². The first-order valence-corrected chi connectivity index (χ1v) is 40.8.